The number of hydrogen-bond acceptors (Lipinski definition) is 6. The van der Waals surface area contributed by atoms with Crippen molar-refractivity contribution in [1.29, 1.82) is 0 Å². The topological polar surface area (TPSA) is 90.2 Å². The predicted molar refractivity (Wildman–Crippen MR) is 95.1 cm³/mol. The molecule has 1 fully saturated rings. The first kappa shape index (κ1) is 17.1. The molecule has 1 N–H and O–H groups in total. The van der Waals surface area contributed by atoms with Crippen molar-refractivity contribution in [2.45, 2.75) is 51.5 Å². The molecule has 0 saturated heterocycles. The molecule has 0 spiro atoms. The van der Waals surface area contributed by atoms with Gasteiger partial charge in [-0.3, -0.25) is 10.1 Å². The van der Waals surface area contributed by atoms with Crippen molar-refractivity contribution in [3.63, 3.8) is 0 Å². The number of nitro groups is 1. The van der Waals surface area contributed by atoms with Gasteiger partial charge in [-0.25, -0.2) is 4.98 Å². The van der Waals surface area contributed by atoms with Crippen LogP contribution in [0.5, 0.6) is 11.6 Å². The molecule has 0 atom stereocenters. The molecule has 2 aromatic rings. The van der Waals surface area contributed by atoms with E-state index in [4.69, 9.17) is 4.74 Å². The first-order chi connectivity index (χ1) is 12.1. The van der Waals surface area contributed by atoms with E-state index in [9.17, 15) is 10.1 Å². The number of ether oxygens (including phenoxy) is 1. The zero-order valence-corrected chi connectivity index (χ0v) is 14.3. The Kier molecular flexibility index (Phi) is 5.42. The van der Waals surface area contributed by atoms with Crippen LogP contribution in [0.25, 0.3) is 0 Å². The Morgan fingerprint density at radius 1 is 1.12 bits per heavy atom. The molecular formula is C18H22N4O3. The van der Waals surface area contributed by atoms with Gasteiger partial charge in [-0.05, 0) is 31.9 Å². The van der Waals surface area contributed by atoms with Crippen LogP contribution in [0.15, 0.2) is 30.6 Å². The van der Waals surface area contributed by atoms with Gasteiger partial charge in [0.15, 0.2) is 0 Å². The summed E-state index contributed by atoms with van der Waals surface area (Å²) >= 11 is 0. The highest BCUT2D eigenvalue weighted by Gasteiger charge is 2.27. The number of rotatable bonds is 5. The van der Waals surface area contributed by atoms with Crippen LogP contribution in [0.3, 0.4) is 0 Å². The summed E-state index contributed by atoms with van der Waals surface area (Å²) in [5, 5.41) is 14.8. The number of anilines is 1. The van der Waals surface area contributed by atoms with Gasteiger partial charge in [-0.2, -0.15) is 4.98 Å². The number of aromatic nitrogens is 2. The van der Waals surface area contributed by atoms with Crippen LogP contribution in [-0.2, 0) is 0 Å². The van der Waals surface area contributed by atoms with Gasteiger partial charge in [0.1, 0.15) is 12.1 Å². The SMILES string of the molecule is Cc1ccc(Oc2ncnc(NC3CCCCCC3)c2[N+](=O)[O-])cc1. The average molecular weight is 342 g/mol. The average Bonchev–Trinajstić information content (AvgIpc) is 2.85. The highest BCUT2D eigenvalue weighted by molar-refractivity contribution is 5.62. The van der Waals surface area contributed by atoms with E-state index in [0.29, 0.717) is 5.75 Å². The fourth-order valence-corrected chi connectivity index (χ4v) is 3.04. The van der Waals surface area contributed by atoms with Crippen LogP contribution >= 0.6 is 0 Å². The summed E-state index contributed by atoms with van der Waals surface area (Å²) in [7, 11) is 0. The molecule has 1 aromatic carbocycles. The van der Waals surface area contributed by atoms with E-state index in [1.807, 2.05) is 19.1 Å². The molecule has 0 amide bonds. The standard InChI is InChI=1S/C18H22N4O3/c1-13-8-10-15(11-9-13)25-18-16(22(23)24)17(19-12-20-18)21-14-6-4-2-3-5-7-14/h8-12,14H,2-7H2,1H3,(H,19,20,21). The minimum Gasteiger partial charge on any atom is -0.434 e. The Bertz CT molecular complexity index is 726. The fourth-order valence-electron chi connectivity index (χ4n) is 3.04. The molecule has 1 heterocycles. The van der Waals surface area contributed by atoms with E-state index in [0.717, 1.165) is 31.2 Å². The van der Waals surface area contributed by atoms with Crippen LogP contribution in [0.1, 0.15) is 44.1 Å². The number of aryl methyl sites for hydroxylation is 1. The second kappa shape index (κ2) is 7.92. The Balaban J connectivity index is 1.85. The Labute approximate surface area is 146 Å². The van der Waals surface area contributed by atoms with Gasteiger partial charge in [0.25, 0.3) is 0 Å². The first-order valence-electron chi connectivity index (χ1n) is 8.64. The van der Waals surface area contributed by atoms with E-state index in [1.165, 1.54) is 19.2 Å². The lowest BCUT2D eigenvalue weighted by Crippen LogP contribution is -2.20. The monoisotopic (exact) mass is 342 g/mol. The van der Waals surface area contributed by atoms with Crippen LogP contribution in [0.2, 0.25) is 0 Å². The first-order valence-corrected chi connectivity index (χ1v) is 8.64. The van der Waals surface area contributed by atoms with Crippen molar-refractivity contribution in [1.82, 2.24) is 9.97 Å². The summed E-state index contributed by atoms with van der Waals surface area (Å²) in [6.07, 6.45) is 7.98. The third kappa shape index (κ3) is 4.43. The molecule has 25 heavy (non-hydrogen) atoms. The van der Waals surface area contributed by atoms with Crippen LogP contribution in [0, 0.1) is 17.0 Å². The third-order valence-corrected chi connectivity index (χ3v) is 4.40. The summed E-state index contributed by atoms with van der Waals surface area (Å²) < 4.78 is 5.65. The van der Waals surface area contributed by atoms with Gasteiger partial charge in [0.2, 0.25) is 5.82 Å². The Morgan fingerprint density at radius 2 is 1.80 bits per heavy atom. The van der Waals surface area contributed by atoms with Gasteiger partial charge in [-0.15, -0.1) is 0 Å². The second-order valence-corrected chi connectivity index (χ2v) is 6.38. The van der Waals surface area contributed by atoms with Crippen LogP contribution < -0.4 is 10.1 Å². The molecule has 7 heteroatoms. The lowest BCUT2D eigenvalue weighted by molar-refractivity contribution is -0.385. The lowest BCUT2D eigenvalue weighted by atomic mass is 10.1. The number of benzene rings is 1. The predicted octanol–water partition coefficient (Wildman–Crippen LogP) is 4.62. The quantitative estimate of drug-likeness (QED) is 0.484. The van der Waals surface area contributed by atoms with Crippen molar-refractivity contribution < 1.29 is 9.66 Å². The summed E-state index contributed by atoms with van der Waals surface area (Å²) in [5.74, 6) is 0.696. The second-order valence-electron chi connectivity index (χ2n) is 6.38. The van der Waals surface area contributed by atoms with E-state index < -0.39 is 4.92 Å². The molecule has 1 aromatic heterocycles. The van der Waals surface area contributed by atoms with E-state index in [1.54, 1.807) is 12.1 Å². The zero-order chi connectivity index (χ0) is 17.6. The lowest BCUT2D eigenvalue weighted by Gasteiger charge is -2.17. The number of nitrogens with zero attached hydrogens (tertiary/aromatic N) is 3. The minimum absolute atomic E-state index is 0.0417. The smallest absolute Gasteiger partial charge is 0.373 e. The van der Waals surface area contributed by atoms with Crippen molar-refractivity contribution in [2.75, 3.05) is 5.32 Å². The van der Waals surface area contributed by atoms with E-state index >= 15 is 0 Å². The van der Waals surface area contributed by atoms with E-state index in [-0.39, 0.29) is 23.4 Å². The molecule has 0 bridgehead atoms. The number of hydrogen-bond donors (Lipinski definition) is 1. The minimum atomic E-state index is -0.484. The van der Waals surface area contributed by atoms with Crippen LogP contribution in [-0.4, -0.2) is 20.9 Å². The molecule has 1 aliphatic carbocycles. The molecule has 7 nitrogen and oxygen atoms in total. The fraction of sp³-hybridized carbons (Fsp3) is 0.444. The van der Waals surface area contributed by atoms with Crippen molar-refractivity contribution in [3.05, 3.63) is 46.3 Å². The summed E-state index contributed by atoms with van der Waals surface area (Å²) in [5.41, 5.74) is 0.868. The highest BCUT2D eigenvalue weighted by atomic mass is 16.6. The Morgan fingerprint density at radius 3 is 2.44 bits per heavy atom. The van der Waals surface area contributed by atoms with Gasteiger partial charge in [0.05, 0.1) is 4.92 Å². The molecule has 132 valence electrons. The molecule has 1 aliphatic rings. The van der Waals surface area contributed by atoms with Gasteiger partial charge in [0, 0.05) is 6.04 Å². The summed E-state index contributed by atoms with van der Waals surface area (Å²) in [6.45, 7) is 1.96. The molecular weight excluding hydrogens is 320 g/mol. The van der Waals surface area contributed by atoms with Crippen molar-refractivity contribution >= 4 is 11.5 Å². The van der Waals surface area contributed by atoms with Crippen LogP contribution in [0.4, 0.5) is 11.5 Å². The maximum absolute atomic E-state index is 11.6. The molecule has 0 unspecified atom stereocenters. The Hall–Kier alpha value is -2.70. The van der Waals surface area contributed by atoms with Crippen molar-refractivity contribution in [3.8, 4) is 11.6 Å². The third-order valence-electron chi connectivity index (χ3n) is 4.40. The highest BCUT2D eigenvalue weighted by Crippen LogP contribution is 2.35. The largest absolute Gasteiger partial charge is 0.434 e. The van der Waals surface area contributed by atoms with Crippen molar-refractivity contribution in [2.24, 2.45) is 0 Å². The maximum atomic E-state index is 11.6. The van der Waals surface area contributed by atoms with Gasteiger partial charge < -0.3 is 10.1 Å². The molecule has 0 aliphatic heterocycles. The van der Waals surface area contributed by atoms with E-state index in [2.05, 4.69) is 15.3 Å². The summed E-state index contributed by atoms with van der Waals surface area (Å²) in [4.78, 5) is 19.2. The normalized spacial score (nSPS) is 15.4. The molecule has 3 rings (SSSR count). The summed E-state index contributed by atoms with van der Waals surface area (Å²) in [6, 6.07) is 7.49. The number of nitrogens with one attached hydrogen (secondary N) is 1. The molecule has 1 saturated carbocycles. The van der Waals surface area contributed by atoms with Gasteiger partial charge >= 0.3 is 11.6 Å². The maximum Gasteiger partial charge on any atom is 0.373 e. The van der Waals surface area contributed by atoms with Gasteiger partial charge in [-0.1, -0.05) is 43.4 Å². The molecule has 0 radical (unpaired) electrons. The zero-order valence-electron chi connectivity index (χ0n) is 14.3.